The molecule has 192 valence electrons. The Kier molecular flexibility index (Phi) is 7.37. The molecule has 0 bridgehead atoms. The van der Waals surface area contributed by atoms with Crippen molar-refractivity contribution in [3.63, 3.8) is 0 Å². The number of nitrogens with zero attached hydrogens (tertiary/aromatic N) is 3. The van der Waals surface area contributed by atoms with Crippen LogP contribution >= 0.6 is 0 Å². The summed E-state index contributed by atoms with van der Waals surface area (Å²) in [4.78, 5) is 27.0. The minimum absolute atomic E-state index is 0.174. The Hall–Kier alpha value is -4.08. The lowest BCUT2D eigenvalue weighted by Gasteiger charge is -2.36. The van der Waals surface area contributed by atoms with E-state index in [0.717, 1.165) is 12.5 Å². The number of carbonyl (C=O) groups excluding carboxylic acids is 1. The highest BCUT2D eigenvalue weighted by Crippen LogP contribution is 2.38. The van der Waals surface area contributed by atoms with E-state index in [2.05, 4.69) is 10.2 Å². The number of likely N-dealkylation sites (tertiary alicyclic amines) is 1. The first-order valence-electron chi connectivity index (χ1n) is 11.3. The third-order valence-corrected chi connectivity index (χ3v) is 6.76. The zero-order chi connectivity index (χ0) is 26.7. The van der Waals surface area contributed by atoms with Crippen LogP contribution in [-0.2, 0) is 14.3 Å². The van der Waals surface area contributed by atoms with Crippen LogP contribution < -0.4 is 5.43 Å². The summed E-state index contributed by atoms with van der Waals surface area (Å²) in [6.07, 6.45) is 1.41. The quantitative estimate of drug-likeness (QED) is 0.445. The highest BCUT2D eigenvalue weighted by atomic mass is 32.2. The lowest BCUT2D eigenvalue weighted by Crippen LogP contribution is -2.48. The van der Waals surface area contributed by atoms with Gasteiger partial charge in [-0.3, -0.25) is 18.9 Å². The van der Waals surface area contributed by atoms with E-state index in [9.17, 15) is 32.8 Å². The predicted molar refractivity (Wildman–Crippen MR) is 130 cm³/mol. The SMILES string of the molecule is CS(=O)(=O)O[C@H]([C@@H](c1ccc(C#N)cc1)c1cccc(F)c1)[C@H]1CCCN1C(=O)c1n[nH]cc(O)c1=O. The van der Waals surface area contributed by atoms with E-state index >= 15 is 0 Å². The molecule has 4 rings (SSSR count). The molecular formula is C25H23FN4O6S. The van der Waals surface area contributed by atoms with Gasteiger partial charge in [-0.2, -0.15) is 18.8 Å². The molecule has 1 amide bonds. The van der Waals surface area contributed by atoms with E-state index in [-0.39, 0.29) is 6.54 Å². The number of hydrogen-bond donors (Lipinski definition) is 2. The maximum atomic E-state index is 14.3. The summed E-state index contributed by atoms with van der Waals surface area (Å²) in [6, 6.07) is 13.1. The van der Waals surface area contributed by atoms with E-state index in [1.807, 2.05) is 6.07 Å². The molecule has 1 aliphatic heterocycles. The lowest BCUT2D eigenvalue weighted by molar-refractivity contribution is 0.0528. The standard InChI is InChI=1S/C25H23FN4O6S/c1-37(34,35)36-24(19-6-3-11-30(19)25(33)22-23(32)20(31)14-28-29-22)21(17-4-2-5-18(26)12-17)16-9-7-15(13-27)8-10-16/h2,4-5,7-10,12,14,19,21,24H,3,6,11H2,1H3,(H,28,32)(H,29,31)/t19-,21+,24+/m1/s1. The first-order valence-corrected chi connectivity index (χ1v) is 13.1. The Bertz CT molecular complexity index is 1520. The fraction of sp³-hybridized carbons (Fsp3) is 0.280. The molecular weight excluding hydrogens is 503 g/mol. The molecule has 0 radical (unpaired) electrons. The van der Waals surface area contributed by atoms with Crippen LogP contribution in [0, 0.1) is 17.1 Å². The van der Waals surface area contributed by atoms with Crippen molar-refractivity contribution in [1.82, 2.24) is 15.1 Å². The monoisotopic (exact) mass is 526 g/mol. The van der Waals surface area contributed by atoms with Gasteiger partial charge in [0.15, 0.2) is 11.4 Å². The first kappa shape index (κ1) is 26.0. The van der Waals surface area contributed by atoms with Crippen molar-refractivity contribution in [1.29, 1.82) is 5.26 Å². The molecule has 37 heavy (non-hydrogen) atoms. The van der Waals surface area contributed by atoms with E-state index in [0.29, 0.717) is 29.5 Å². The van der Waals surface area contributed by atoms with Gasteiger partial charge < -0.3 is 10.0 Å². The zero-order valence-electron chi connectivity index (χ0n) is 19.7. The summed E-state index contributed by atoms with van der Waals surface area (Å²) in [6.45, 7) is 0.174. The van der Waals surface area contributed by atoms with Gasteiger partial charge in [0.05, 0.1) is 30.1 Å². The Morgan fingerprint density at radius 1 is 1.27 bits per heavy atom. The van der Waals surface area contributed by atoms with Gasteiger partial charge >= 0.3 is 0 Å². The van der Waals surface area contributed by atoms with Crippen molar-refractivity contribution in [3.8, 4) is 11.8 Å². The number of amides is 1. The molecule has 3 atom stereocenters. The zero-order valence-corrected chi connectivity index (χ0v) is 20.5. The number of H-pyrrole nitrogens is 1. The van der Waals surface area contributed by atoms with Crippen molar-refractivity contribution in [3.05, 3.63) is 93.2 Å². The van der Waals surface area contributed by atoms with E-state index in [4.69, 9.17) is 4.18 Å². The Morgan fingerprint density at radius 2 is 2.00 bits per heavy atom. The van der Waals surface area contributed by atoms with Gasteiger partial charge in [-0.1, -0.05) is 24.3 Å². The van der Waals surface area contributed by atoms with Crippen LogP contribution in [-0.4, -0.2) is 59.5 Å². The van der Waals surface area contributed by atoms with Crippen LogP contribution in [0.25, 0.3) is 0 Å². The average molecular weight is 527 g/mol. The second-order valence-electron chi connectivity index (χ2n) is 8.69. The molecule has 0 aliphatic carbocycles. The third kappa shape index (κ3) is 5.68. The molecule has 1 aromatic heterocycles. The van der Waals surface area contributed by atoms with Crippen LogP contribution in [0.1, 0.15) is 45.9 Å². The Balaban J connectivity index is 1.85. The first-order chi connectivity index (χ1) is 17.6. The number of nitriles is 1. The number of nitrogens with one attached hydrogen (secondary N) is 1. The number of aromatic nitrogens is 2. The number of hydrogen-bond acceptors (Lipinski definition) is 8. The second-order valence-corrected chi connectivity index (χ2v) is 10.3. The molecule has 1 saturated heterocycles. The lowest BCUT2D eigenvalue weighted by atomic mass is 9.82. The predicted octanol–water partition coefficient (Wildman–Crippen LogP) is 2.27. The maximum absolute atomic E-state index is 14.3. The molecule has 0 spiro atoms. The van der Waals surface area contributed by atoms with Crippen molar-refractivity contribution in [2.45, 2.75) is 30.9 Å². The fourth-order valence-corrected chi connectivity index (χ4v) is 5.29. The summed E-state index contributed by atoms with van der Waals surface area (Å²) in [5.74, 6) is -2.91. The van der Waals surface area contributed by atoms with Crippen molar-refractivity contribution in [2.75, 3.05) is 12.8 Å². The molecule has 2 N–H and O–H groups in total. The van der Waals surface area contributed by atoms with E-state index < -0.39 is 56.8 Å². The minimum Gasteiger partial charge on any atom is -0.503 e. The van der Waals surface area contributed by atoms with E-state index in [1.165, 1.54) is 23.1 Å². The van der Waals surface area contributed by atoms with Crippen molar-refractivity contribution in [2.24, 2.45) is 0 Å². The van der Waals surface area contributed by atoms with Gasteiger partial charge in [-0.25, -0.2) is 4.39 Å². The number of aromatic amines is 1. The van der Waals surface area contributed by atoms with Crippen molar-refractivity contribution < 1.29 is 26.9 Å². The second kappa shape index (κ2) is 10.5. The summed E-state index contributed by atoms with van der Waals surface area (Å²) >= 11 is 0. The normalized spacial score (nSPS) is 17.2. The molecule has 3 aromatic rings. The summed E-state index contributed by atoms with van der Waals surface area (Å²) < 4.78 is 44.8. The highest BCUT2D eigenvalue weighted by molar-refractivity contribution is 7.86. The molecule has 12 heteroatoms. The van der Waals surface area contributed by atoms with Crippen LogP contribution in [0.2, 0.25) is 0 Å². The fourth-order valence-electron chi connectivity index (χ4n) is 4.64. The van der Waals surface area contributed by atoms with Gasteiger partial charge in [0.1, 0.15) is 11.9 Å². The van der Waals surface area contributed by atoms with Gasteiger partial charge in [-0.15, -0.1) is 0 Å². The van der Waals surface area contributed by atoms with Crippen LogP contribution in [0.4, 0.5) is 4.39 Å². The van der Waals surface area contributed by atoms with Gasteiger partial charge in [-0.05, 0) is 48.2 Å². The Morgan fingerprint density at radius 3 is 2.65 bits per heavy atom. The van der Waals surface area contributed by atoms with Crippen LogP contribution in [0.15, 0.2) is 59.5 Å². The molecule has 2 aromatic carbocycles. The van der Waals surface area contributed by atoms with E-state index in [1.54, 1.807) is 30.3 Å². The molecule has 0 saturated carbocycles. The smallest absolute Gasteiger partial charge is 0.278 e. The largest absolute Gasteiger partial charge is 0.503 e. The molecule has 0 unspecified atom stereocenters. The number of benzene rings is 2. The average Bonchev–Trinajstić information content (AvgIpc) is 3.34. The number of aromatic hydroxyl groups is 1. The Labute approximate surface area is 212 Å². The topological polar surface area (TPSA) is 153 Å². The molecule has 2 heterocycles. The van der Waals surface area contributed by atoms with Gasteiger partial charge in [0.25, 0.3) is 21.5 Å². The number of rotatable bonds is 7. The summed E-state index contributed by atoms with van der Waals surface area (Å²) in [7, 11) is -4.08. The summed E-state index contributed by atoms with van der Waals surface area (Å²) in [5.41, 5.74) is -0.222. The van der Waals surface area contributed by atoms with Crippen LogP contribution in [0.3, 0.4) is 0 Å². The van der Waals surface area contributed by atoms with Gasteiger partial charge in [0.2, 0.25) is 0 Å². The molecule has 10 nitrogen and oxygen atoms in total. The molecule has 1 aliphatic rings. The summed E-state index contributed by atoms with van der Waals surface area (Å²) in [5, 5.41) is 25.0. The van der Waals surface area contributed by atoms with Gasteiger partial charge in [0, 0.05) is 12.5 Å². The van der Waals surface area contributed by atoms with Crippen LogP contribution in [0.5, 0.6) is 5.75 Å². The maximum Gasteiger partial charge on any atom is 0.278 e. The third-order valence-electron chi connectivity index (χ3n) is 6.19. The number of halogens is 1. The minimum atomic E-state index is -4.08. The molecule has 1 fully saturated rings. The van der Waals surface area contributed by atoms with Crippen molar-refractivity contribution >= 4 is 16.0 Å². The number of carbonyl (C=O) groups is 1. The highest BCUT2D eigenvalue weighted by Gasteiger charge is 2.43.